The standard InChI is InChI=1S/C14H19N5/c1-10-9-12(11-6-7-15-18-11)17-14(16-10)13-5-3-4-8-19(13)2/h6-7,9,13H,3-5,8H2,1-2H3,(H,15,18). The first-order chi connectivity index (χ1) is 9.24. The van der Waals surface area contributed by atoms with Crippen LogP contribution in [-0.2, 0) is 0 Å². The van der Waals surface area contributed by atoms with Crippen molar-refractivity contribution >= 4 is 0 Å². The summed E-state index contributed by atoms with van der Waals surface area (Å²) in [5.41, 5.74) is 2.89. The van der Waals surface area contributed by atoms with Crippen molar-refractivity contribution in [3.8, 4) is 11.4 Å². The Hall–Kier alpha value is -1.75. The van der Waals surface area contributed by atoms with Gasteiger partial charge in [-0.2, -0.15) is 5.10 Å². The van der Waals surface area contributed by atoms with Crippen LogP contribution in [0.1, 0.15) is 36.8 Å². The first kappa shape index (κ1) is 12.3. The van der Waals surface area contributed by atoms with Gasteiger partial charge in [0.15, 0.2) is 0 Å². The summed E-state index contributed by atoms with van der Waals surface area (Å²) in [5.74, 6) is 0.937. The Labute approximate surface area is 113 Å². The Balaban J connectivity index is 1.97. The molecule has 1 saturated heterocycles. The highest BCUT2D eigenvalue weighted by Crippen LogP contribution is 2.28. The number of H-pyrrole nitrogens is 1. The normalized spacial score (nSPS) is 20.6. The van der Waals surface area contributed by atoms with Gasteiger partial charge in [-0.15, -0.1) is 0 Å². The number of nitrogens with one attached hydrogen (secondary N) is 1. The van der Waals surface area contributed by atoms with E-state index in [0.717, 1.165) is 35.9 Å². The molecular weight excluding hydrogens is 238 g/mol. The number of piperidine rings is 1. The monoisotopic (exact) mass is 257 g/mol. The van der Waals surface area contributed by atoms with Crippen LogP contribution in [0.3, 0.4) is 0 Å². The Kier molecular flexibility index (Phi) is 3.29. The third kappa shape index (κ3) is 2.51. The number of aromatic amines is 1. The predicted octanol–water partition coefficient (Wildman–Crippen LogP) is 2.33. The molecule has 0 bridgehead atoms. The minimum Gasteiger partial charge on any atom is -0.296 e. The fourth-order valence-electron chi connectivity index (χ4n) is 2.68. The molecule has 1 fully saturated rings. The maximum atomic E-state index is 4.73. The lowest BCUT2D eigenvalue weighted by Crippen LogP contribution is -2.31. The van der Waals surface area contributed by atoms with Gasteiger partial charge in [0, 0.05) is 11.9 Å². The summed E-state index contributed by atoms with van der Waals surface area (Å²) in [4.78, 5) is 11.7. The van der Waals surface area contributed by atoms with Crippen LogP contribution in [0.4, 0.5) is 0 Å². The van der Waals surface area contributed by atoms with Gasteiger partial charge in [-0.1, -0.05) is 6.42 Å². The second-order valence-electron chi connectivity index (χ2n) is 5.22. The zero-order valence-electron chi connectivity index (χ0n) is 11.4. The van der Waals surface area contributed by atoms with E-state index in [2.05, 4.69) is 27.1 Å². The highest BCUT2D eigenvalue weighted by molar-refractivity contribution is 5.53. The molecule has 0 spiro atoms. The predicted molar refractivity (Wildman–Crippen MR) is 73.6 cm³/mol. The number of nitrogens with zero attached hydrogens (tertiary/aromatic N) is 4. The molecule has 0 amide bonds. The molecule has 0 saturated carbocycles. The molecule has 2 aromatic heterocycles. The van der Waals surface area contributed by atoms with Crippen molar-refractivity contribution in [2.45, 2.75) is 32.2 Å². The Morgan fingerprint density at radius 3 is 2.95 bits per heavy atom. The second-order valence-corrected chi connectivity index (χ2v) is 5.22. The quantitative estimate of drug-likeness (QED) is 0.897. The van der Waals surface area contributed by atoms with Gasteiger partial charge in [-0.05, 0) is 45.5 Å². The van der Waals surface area contributed by atoms with E-state index in [-0.39, 0.29) is 0 Å². The molecule has 3 rings (SSSR count). The lowest BCUT2D eigenvalue weighted by atomic mass is 10.0. The number of aromatic nitrogens is 4. The number of rotatable bonds is 2. The molecule has 1 unspecified atom stereocenters. The molecule has 19 heavy (non-hydrogen) atoms. The summed E-state index contributed by atoms with van der Waals surface area (Å²) in [6.45, 7) is 3.15. The van der Waals surface area contributed by atoms with Crippen LogP contribution in [0.15, 0.2) is 18.3 Å². The SMILES string of the molecule is Cc1cc(-c2ccn[nH]2)nc(C2CCCCN2C)n1. The number of aryl methyl sites for hydroxylation is 1. The summed E-state index contributed by atoms with van der Waals surface area (Å²) in [6.07, 6.45) is 5.42. The molecule has 5 nitrogen and oxygen atoms in total. The molecule has 100 valence electrons. The van der Waals surface area contributed by atoms with Gasteiger partial charge in [0.1, 0.15) is 5.82 Å². The summed E-state index contributed by atoms with van der Waals surface area (Å²) in [7, 11) is 2.16. The minimum atomic E-state index is 0.343. The van der Waals surface area contributed by atoms with Gasteiger partial charge in [0.2, 0.25) is 0 Å². The van der Waals surface area contributed by atoms with Gasteiger partial charge in [-0.3, -0.25) is 10.00 Å². The maximum absolute atomic E-state index is 4.73. The van der Waals surface area contributed by atoms with Crippen LogP contribution in [0, 0.1) is 6.92 Å². The largest absolute Gasteiger partial charge is 0.296 e. The lowest BCUT2D eigenvalue weighted by Gasteiger charge is -2.31. The van der Waals surface area contributed by atoms with Crippen molar-refractivity contribution in [1.82, 2.24) is 25.1 Å². The lowest BCUT2D eigenvalue weighted by molar-refractivity contribution is 0.179. The number of hydrogen-bond donors (Lipinski definition) is 1. The van der Waals surface area contributed by atoms with Crippen LogP contribution < -0.4 is 0 Å². The molecule has 2 aromatic rings. The minimum absolute atomic E-state index is 0.343. The molecule has 0 aliphatic carbocycles. The van der Waals surface area contributed by atoms with Crippen molar-refractivity contribution in [3.63, 3.8) is 0 Å². The second kappa shape index (κ2) is 5.09. The third-order valence-electron chi connectivity index (χ3n) is 3.72. The Morgan fingerprint density at radius 1 is 1.32 bits per heavy atom. The fraction of sp³-hybridized carbons (Fsp3) is 0.500. The van der Waals surface area contributed by atoms with E-state index in [1.807, 2.05) is 19.1 Å². The zero-order chi connectivity index (χ0) is 13.2. The van der Waals surface area contributed by atoms with E-state index < -0.39 is 0 Å². The van der Waals surface area contributed by atoms with E-state index in [9.17, 15) is 0 Å². The van der Waals surface area contributed by atoms with Gasteiger partial charge in [-0.25, -0.2) is 9.97 Å². The van der Waals surface area contributed by atoms with Gasteiger partial charge in [0.25, 0.3) is 0 Å². The van der Waals surface area contributed by atoms with Crippen molar-refractivity contribution < 1.29 is 0 Å². The van der Waals surface area contributed by atoms with Crippen LogP contribution in [0.2, 0.25) is 0 Å². The van der Waals surface area contributed by atoms with Gasteiger partial charge >= 0.3 is 0 Å². The van der Waals surface area contributed by atoms with Gasteiger partial charge < -0.3 is 0 Å². The van der Waals surface area contributed by atoms with E-state index in [0.29, 0.717) is 6.04 Å². The smallest absolute Gasteiger partial charge is 0.146 e. The fourth-order valence-corrected chi connectivity index (χ4v) is 2.68. The highest BCUT2D eigenvalue weighted by atomic mass is 15.2. The van der Waals surface area contributed by atoms with E-state index in [4.69, 9.17) is 4.98 Å². The summed E-state index contributed by atoms with van der Waals surface area (Å²) < 4.78 is 0. The van der Waals surface area contributed by atoms with E-state index in [1.54, 1.807) is 6.20 Å². The maximum Gasteiger partial charge on any atom is 0.146 e. The summed E-state index contributed by atoms with van der Waals surface area (Å²) in [6, 6.07) is 4.28. The molecule has 5 heteroatoms. The Bertz CT molecular complexity index is 549. The Morgan fingerprint density at radius 2 is 2.21 bits per heavy atom. The first-order valence-corrected chi connectivity index (χ1v) is 6.79. The molecular formula is C14H19N5. The van der Waals surface area contributed by atoms with Gasteiger partial charge in [0.05, 0.1) is 17.4 Å². The molecule has 0 radical (unpaired) electrons. The third-order valence-corrected chi connectivity index (χ3v) is 3.72. The van der Waals surface area contributed by atoms with Crippen LogP contribution in [0.25, 0.3) is 11.4 Å². The summed E-state index contributed by atoms with van der Waals surface area (Å²) in [5, 5.41) is 6.96. The topological polar surface area (TPSA) is 57.7 Å². The molecule has 3 heterocycles. The van der Waals surface area contributed by atoms with E-state index in [1.165, 1.54) is 12.8 Å². The van der Waals surface area contributed by atoms with Crippen molar-refractivity contribution in [2.75, 3.05) is 13.6 Å². The first-order valence-electron chi connectivity index (χ1n) is 6.79. The highest BCUT2D eigenvalue weighted by Gasteiger charge is 2.23. The van der Waals surface area contributed by atoms with E-state index >= 15 is 0 Å². The van der Waals surface area contributed by atoms with Crippen LogP contribution in [-0.4, -0.2) is 38.7 Å². The van der Waals surface area contributed by atoms with Crippen molar-refractivity contribution in [2.24, 2.45) is 0 Å². The average Bonchev–Trinajstić information content (AvgIpc) is 2.92. The molecule has 1 N–H and O–H groups in total. The van der Waals surface area contributed by atoms with Crippen molar-refractivity contribution in [3.05, 3.63) is 29.8 Å². The average molecular weight is 257 g/mol. The van der Waals surface area contributed by atoms with Crippen LogP contribution in [0.5, 0.6) is 0 Å². The molecule has 1 aliphatic rings. The van der Waals surface area contributed by atoms with Crippen molar-refractivity contribution in [1.29, 1.82) is 0 Å². The zero-order valence-corrected chi connectivity index (χ0v) is 11.4. The molecule has 0 aromatic carbocycles. The molecule has 1 aliphatic heterocycles. The number of hydrogen-bond acceptors (Lipinski definition) is 4. The van der Waals surface area contributed by atoms with Crippen LogP contribution >= 0.6 is 0 Å². The number of likely N-dealkylation sites (tertiary alicyclic amines) is 1. The summed E-state index contributed by atoms with van der Waals surface area (Å²) >= 11 is 0. The molecule has 1 atom stereocenters.